The molecule has 0 radical (unpaired) electrons. The Labute approximate surface area is 110 Å². The summed E-state index contributed by atoms with van der Waals surface area (Å²) in [6.45, 7) is 0.649. The molecule has 2 rings (SSSR count). The molecule has 1 aromatic rings. The average molecular weight is 289 g/mol. The number of halogens is 1. The molecule has 1 aliphatic rings. The molecule has 0 saturated carbocycles. The summed E-state index contributed by atoms with van der Waals surface area (Å²) < 4.78 is 22.3. The van der Waals surface area contributed by atoms with Crippen LogP contribution in [-0.4, -0.2) is 42.5 Å². The minimum absolute atomic E-state index is 0.0198. The second-order valence-electron chi connectivity index (χ2n) is 4.21. The van der Waals surface area contributed by atoms with E-state index < -0.39 is 14.3 Å². The Bertz CT molecular complexity index is 532. The molecule has 0 N–H and O–H groups in total. The van der Waals surface area contributed by atoms with Crippen molar-refractivity contribution in [2.45, 2.75) is 18.1 Å². The molecular formula is C11H13ClN2O3S. The van der Waals surface area contributed by atoms with Crippen molar-refractivity contribution < 1.29 is 13.2 Å². The Kier molecular flexibility index (Phi) is 3.87. The predicted molar refractivity (Wildman–Crippen MR) is 67.7 cm³/mol. The van der Waals surface area contributed by atoms with E-state index >= 15 is 0 Å². The van der Waals surface area contributed by atoms with Crippen LogP contribution in [0.1, 0.15) is 12.1 Å². The summed E-state index contributed by atoms with van der Waals surface area (Å²) in [4.78, 5) is 17.3. The second kappa shape index (κ2) is 5.24. The molecule has 0 bridgehead atoms. The van der Waals surface area contributed by atoms with E-state index in [1.165, 1.54) is 4.90 Å². The maximum Gasteiger partial charge on any atom is 0.237 e. The highest BCUT2D eigenvalue weighted by Crippen LogP contribution is 2.21. The van der Waals surface area contributed by atoms with Crippen LogP contribution in [0.5, 0.6) is 0 Å². The number of carbonyl (C=O) groups excluding carboxylic acids is 1. The summed E-state index contributed by atoms with van der Waals surface area (Å²) in [6, 6.07) is 5.57. The average Bonchev–Trinajstić information content (AvgIpc) is 2.69. The van der Waals surface area contributed by atoms with Crippen molar-refractivity contribution in [2.75, 3.05) is 13.1 Å². The van der Waals surface area contributed by atoms with E-state index in [-0.39, 0.29) is 18.9 Å². The molecule has 18 heavy (non-hydrogen) atoms. The van der Waals surface area contributed by atoms with Crippen LogP contribution in [0.15, 0.2) is 24.4 Å². The lowest BCUT2D eigenvalue weighted by Crippen LogP contribution is -2.29. The van der Waals surface area contributed by atoms with Crippen molar-refractivity contribution in [1.82, 2.24) is 9.88 Å². The third kappa shape index (κ3) is 3.20. The maximum atomic E-state index is 11.6. The van der Waals surface area contributed by atoms with E-state index in [9.17, 15) is 13.2 Å². The third-order valence-electron chi connectivity index (χ3n) is 2.94. The van der Waals surface area contributed by atoms with Crippen molar-refractivity contribution in [1.29, 1.82) is 0 Å². The number of hydrogen-bond acceptors (Lipinski definition) is 4. The molecule has 1 atom stereocenters. The van der Waals surface area contributed by atoms with E-state index in [1.807, 2.05) is 18.2 Å². The minimum atomic E-state index is -3.66. The smallest absolute Gasteiger partial charge is 0.237 e. The van der Waals surface area contributed by atoms with Gasteiger partial charge in [-0.05, 0) is 12.1 Å². The Hall–Kier alpha value is -1.14. The number of aromatic nitrogens is 1. The van der Waals surface area contributed by atoms with E-state index in [1.54, 1.807) is 6.20 Å². The first-order valence-corrected chi connectivity index (χ1v) is 7.95. The molecular weight excluding hydrogens is 276 g/mol. The molecule has 98 valence electrons. The summed E-state index contributed by atoms with van der Waals surface area (Å²) in [6.07, 6.45) is 2.28. The predicted octanol–water partition coefficient (Wildman–Crippen LogP) is 0.794. The molecule has 0 aromatic carbocycles. The zero-order valence-corrected chi connectivity index (χ0v) is 11.2. The van der Waals surface area contributed by atoms with Crippen LogP contribution in [0.2, 0.25) is 0 Å². The fourth-order valence-corrected chi connectivity index (χ4v) is 2.99. The first-order valence-electron chi connectivity index (χ1n) is 5.58. The van der Waals surface area contributed by atoms with Gasteiger partial charge in [-0.2, -0.15) is 0 Å². The van der Waals surface area contributed by atoms with Gasteiger partial charge in [-0.3, -0.25) is 9.78 Å². The molecule has 7 heteroatoms. The van der Waals surface area contributed by atoms with Crippen molar-refractivity contribution in [2.24, 2.45) is 0 Å². The van der Waals surface area contributed by atoms with Crippen LogP contribution in [0, 0.1) is 0 Å². The highest BCUT2D eigenvalue weighted by Gasteiger charge is 2.36. The van der Waals surface area contributed by atoms with Crippen LogP contribution < -0.4 is 0 Å². The van der Waals surface area contributed by atoms with Crippen LogP contribution in [0.25, 0.3) is 0 Å². The minimum Gasteiger partial charge on any atom is -0.341 e. The molecule has 1 unspecified atom stereocenters. The van der Waals surface area contributed by atoms with Crippen LogP contribution in [0.4, 0.5) is 0 Å². The van der Waals surface area contributed by atoms with Crippen molar-refractivity contribution in [3.8, 4) is 0 Å². The van der Waals surface area contributed by atoms with E-state index in [0.717, 1.165) is 5.69 Å². The van der Waals surface area contributed by atoms with Gasteiger partial charge in [0.2, 0.25) is 15.0 Å². The largest absolute Gasteiger partial charge is 0.341 e. The standard InChI is InChI=1S/C11H13ClN2O3S/c12-18(16,17)10-7-11(15)14(8-10)6-4-9-3-1-2-5-13-9/h1-3,5,10H,4,6-8H2. The van der Waals surface area contributed by atoms with Gasteiger partial charge in [0.1, 0.15) is 5.25 Å². The van der Waals surface area contributed by atoms with Crippen molar-refractivity contribution in [3.63, 3.8) is 0 Å². The summed E-state index contributed by atoms with van der Waals surface area (Å²) in [7, 11) is 1.61. The Morgan fingerprint density at radius 3 is 2.78 bits per heavy atom. The molecule has 1 amide bonds. The normalized spacial score (nSPS) is 20.4. The van der Waals surface area contributed by atoms with E-state index in [4.69, 9.17) is 10.7 Å². The van der Waals surface area contributed by atoms with Gasteiger partial charge in [0.25, 0.3) is 0 Å². The lowest BCUT2D eigenvalue weighted by Gasteiger charge is -2.15. The quantitative estimate of drug-likeness (QED) is 0.769. The molecule has 5 nitrogen and oxygen atoms in total. The molecule has 1 saturated heterocycles. The monoisotopic (exact) mass is 288 g/mol. The van der Waals surface area contributed by atoms with Crippen molar-refractivity contribution >= 4 is 25.6 Å². The molecule has 0 aliphatic carbocycles. The molecule has 1 aromatic heterocycles. The number of rotatable bonds is 4. The van der Waals surface area contributed by atoms with Crippen LogP contribution in [-0.2, 0) is 20.3 Å². The number of amides is 1. The third-order valence-corrected chi connectivity index (χ3v) is 4.81. The first kappa shape index (κ1) is 13.3. The zero-order chi connectivity index (χ0) is 13.2. The highest BCUT2D eigenvalue weighted by atomic mass is 35.7. The van der Waals surface area contributed by atoms with Crippen molar-refractivity contribution in [3.05, 3.63) is 30.1 Å². The van der Waals surface area contributed by atoms with Gasteiger partial charge in [-0.15, -0.1) is 0 Å². The van der Waals surface area contributed by atoms with Gasteiger partial charge < -0.3 is 4.90 Å². The summed E-state index contributed by atoms with van der Waals surface area (Å²) in [5.41, 5.74) is 0.877. The lowest BCUT2D eigenvalue weighted by molar-refractivity contribution is -0.127. The Balaban J connectivity index is 1.94. The fourth-order valence-electron chi connectivity index (χ4n) is 1.94. The van der Waals surface area contributed by atoms with E-state index in [2.05, 4.69) is 4.98 Å². The number of likely N-dealkylation sites (tertiary alicyclic amines) is 1. The maximum absolute atomic E-state index is 11.6. The van der Waals surface area contributed by atoms with Gasteiger partial charge in [-0.25, -0.2) is 8.42 Å². The number of pyridine rings is 1. The summed E-state index contributed by atoms with van der Waals surface area (Å²) in [5, 5.41) is -0.782. The fraction of sp³-hybridized carbons (Fsp3) is 0.455. The van der Waals surface area contributed by atoms with E-state index in [0.29, 0.717) is 13.0 Å². The van der Waals surface area contributed by atoms with Gasteiger partial charge >= 0.3 is 0 Å². The van der Waals surface area contributed by atoms with Crippen LogP contribution in [0.3, 0.4) is 0 Å². The highest BCUT2D eigenvalue weighted by molar-refractivity contribution is 8.14. The Morgan fingerprint density at radius 1 is 1.44 bits per heavy atom. The number of hydrogen-bond donors (Lipinski definition) is 0. The van der Waals surface area contributed by atoms with Crippen LogP contribution >= 0.6 is 10.7 Å². The topological polar surface area (TPSA) is 67.3 Å². The number of carbonyl (C=O) groups is 1. The SMILES string of the molecule is O=C1CC(S(=O)(=O)Cl)CN1CCc1ccccn1. The summed E-state index contributed by atoms with van der Waals surface area (Å²) in [5.74, 6) is -0.167. The van der Waals surface area contributed by atoms with Gasteiger partial charge in [-0.1, -0.05) is 6.07 Å². The Morgan fingerprint density at radius 2 is 2.22 bits per heavy atom. The van der Waals surface area contributed by atoms with Gasteiger partial charge in [0.05, 0.1) is 0 Å². The van der Waals surface area contributed by atoms with Gasteiger partial charge in [0.15, 0.2) is 0 Å². The first-order chi connectivity index (χ1) is 8.47. The second-order valence-corrected chi connectivity index (χ2v) is 7.12. The molecule has 1 aliphatic heterocycles. The summed E-state index contributed by atoms with van der Waals surface area (Å²) >= 11 is 0. The molecule has 0 spiro atoms. The number of nitrogens with zero attached hydrogens (tertiary/aromatic N) is 2. The molecule has 2 heterocycles. The van der Waals surface area contributed by atoms with Gasteiger partial charge in [0, 0.05) is 48.5 Å². The lowest BCUT2D eigenvalue weighted by atomic mass is 10.2. The zero-order valence-electron chi connectivity index (χ0n) is 9.62. The molecule has 1 fully saturated rings.